The zero-order valence-corrected chi connectivity index (χ0v) is 15.6. The highest BCUT2D eigenvalue weighted by atomic mass is 32.2. The summed E-state index contributed by atoms with van der Waals surface area (Å²) in [6.45, 7) is 1.33. The van der Waals surface area contributed by atoms with E-state index in [1.54, 1.807) is 23.2 Å². The van der Waals surface area contributed by atoms with Crippen LogP contribution < -0.4 is 4.74 Å². The van der Waals surface area contributed by atoms with Crippen LogP contribution in [0, 0.1) is 5.92 Å². The van der Waals surface area contributed by atoms with Crippen molar-refractivity contribution in [1.29, 1.82) is 0 Å². The monoisotopic (exact) mass is 368 g/mol. The van der Waals surface area contributed by atoms with Crippen molar-refractivity contribution in [3.05, 3.63) is 23.9 Å². The van der Waals surface area contributed by atoms with E-state index < -0.39 is 10.2 Å². The predicted molar refractivity (Wildman–Crippen MR) is 92.5 cm³/mol. The summed E-state index contributed by atoms with van der Waals surface area (Å²) in [6.07, 6.45) is 3.31. The summed E-state index contributed by atoms with van der Waals surface area (Å²) >= 11 is 0. The zero-order valence-electron chi connectivity index (χ0n) is 14.8. The Hall–Kier alpha value is -1.71. The molecule has 2 atom stereocenters. The molecule has 0 spiro atoms. The van der Waals surface area contributed by atoms with Gasteiger partial charge in [-0.15, -0.1) is 0 Å². The van der Waals surface area contributed by atoms with E-state index in [-0.39, 0.29) is 17.9 Å². The van der Waals surface area contributed by atoms with Crippen LogP contribution in [0.1, 0.15) is 23.2 Å². The molecule has 1 aromatic rings. The first-order chi connectivity index (χ1) is 11.8. The number of methoxy groups -OCH3 is 1. The number of pyridine rings is 1. The third kappa shape index (κ3) is 3.36. The lowest BCUT2D eigenvalue weighted by Gasteiger charge is -2.36. The average Bonchev–Trinajstić information content (AvgIpc) is 2.93. The van der Waals surface area contributed by atoms with Gasteiger partial charge in [0, 0.05) is 46.0 Å². The van der Waals surface area contributed by atoms with Crippen LogP contribution in [-0.4, -0.2) is 79.7 Å². The van der Waals surface area contributed by atoms with Crippen LogP contribution in [0.25, 0.3) is 0 Å². The second kappa shape index (κ2) is 6.89. The SMILES string of the molecule is COc1ncccc1C(=O)N1C[C@@H]2CC[C@H]1CN(S(=O)(=O)N(C)C)C2. The molecule has 2 bridgehead atoms. The maximum Gasteiger partial charge on any atom is 0.281 e. The van der Waals surface area contributed by atoms with Gasteiger partial charge in [0.1, 0.15) is 5.56 Å². The Morgan fingerprint density at radius 1 is 1.28 bits per heavy atom. The number of carbonyl (C=O) groups is 1. The summed E-state index contributed by atoms with van der Waals surface area (Å²) < 4.78 is 33.0. The number of ether oxygens (including phenoxy) is 1. The van der Waals surface area contributed by atoms with Gasteiger partial charge in [0.2, 0.25) is 5.88 Å². The summed E-state index contributed by atoms with van der Waals surface area (Å²) in [5.41, 5.74) is 0.416. The molecule has 0 radical (unpaired) electrons. The molecule has 4 rings (SSSR count). The molecule has 0 unspecified atom stereocenters. The first kappa shape index (κ1) is 18.1. The van der Waals surface area contributed by atoms with Crippen LogP contribution in [0.5, 0.6) is 5.88 Å². The summed E-state index contributed by atoms with van der Waals surface area (Å²) in [7, 11) is 1.07. The Morgan fingerprint density at radius 2 is 2.04 bits per heavy atom. The molecule has 1 aromatic heterocycles. The Kier molecular flexibility index (Phi) is 4.99. The van der Waals surface area contributed by atoms with E-state index in [1.807, 2.05) is 0 Å². The average molecular weight is 368 g/mol. The van der Waals surface area contributed by atoms with Gasteiger partial charge in [-0.25, -0.2) is 4.98 Å². The molecule has 3 fully saturated rings. The minimum atomic E-state index is -3.48. The highest BCUT2D eigenvalue weighted by Gasteiger charge is 2.42. The van der Waals surface area contributed by atoms with Gasteiger partial charge in [-0.1, -0.05) is 0 Å². The Bertz CT molecular complexity index is 752. The van der Waals surface area contributed by atoms with Crippen molar-refractivity contribution < 1.29 is 17.9 Å². The van der Waals surface area contributed by atoms with Crippen molar-refractivity contribution >= 4 is 16.1 Å². The minimum Gasteiger partial charge on any atom is -0.480 e. The molecular weight excluding hydrogens is 344 g/mol. The smallest absolute Gasteiger partial charge is 0.281 e. The van der Waals surface area contributed by atoms with E-state index >= 15 is 0 Å². The second-order valence-electron chi connectivity index (χ2n) is 6.72. The number of amides is 1. The van der Waals surface area contributed by atoms with Crippen molar-refractivity contribution in [2.45, 2.75) is 18.9 Å². The maximum absolute atomic E-state index is 13.0. The first-order valence-corrected chi connectivity index (χ1v) is 9.72. The van der Waals surface area contributed by atoms with Crippen LogP contribution in [0.4, 0.5) is 0 Å². The standard InChI is InChI=1S/C16H24N4O4S/c1-18(2)25(22,23)19-9-12-6-7-13(11-19)20(10-12)16(21)14-5-4-8-17-15(14)24-3/h4-5,8,12-13H,6-7,9-11H2,1-3H3/t12-,13+/m1/s1. The van der Waals surface area contributed by atoms with E-state index in [1.165, 1.54) is 29.8 Å². The fraction of sp³-hybridized carbons (Fsp3) is 0.625. The van der Waals surface area contributed by atoms with E-state index in [9.17, 15) is 13.2 Å². The van der Waals surface area contributed by atoms with Gasteiger partial charge in [0.25, 0.3) is 16.1 Å². The third-order valence-electron chi connectivity index (χ3n) is 4.92. The van der Waals surface area contributed by atoms with Crippen LogP contribution in [0.2, 0.25) is 0 Å². The Balaban J connectivity index is 1.87. The molecule has 25 heavy (non-hydrogen) atoms. The molecule has 4 heterocycles. The highest BCUT2D eigenvalue weighted by Crippen LogP contribution is 2.31. The highest BCUT2D eigenvalue weighted by molar-refractivity contribution is 7.86. The molecular formula is C16H24N4O4S. The van der Waals surface area contributed by atoms with Gasteiger partial charge < -0.3 is 9.64 Å². The predicted octanol–water partition coefficient (Wildman–Crippen LogP) is 0.433. The number of hydrogen-bond acceptors (Lipinski definition) is 5. The largest absolute Gasteiger partial charge is 0.480 e. The molecule has 138 valence electrons. The van der Waals surface area contributed by atoms with Gasteiger partial charge in [0.15, 0.2) is 0 Å². The van der Waals surface area contributed by atoms with Gasteiger partial charge in [0.05, 0.1) is 7.11 Å². The van der Waals surface area contributed by atoms with Crippen molar-refractivity contribution in [2.24, 2.45) is 5.92 Å². The number of rotatable bonds is 4. The summed E-state index contributed by atoms with van der Waals surface area (Å²) in [6, 6.07) is 3.27. The summed E-state index contributed by atoms with van der Waals surface area (Å²) in [5.74, 6) is 0.286. The molecule has 3 saturated heterocycles. The van der Waals surface area contributed by atoms with Crippen molar-refractivity contribution in [3.8, 4) is 5.88 Å². The maximum atomic E-state index is 13.0. The summed E-state index contributed by atoms with van der Waals surface area (Å²) in [5, 5.41) is 0. The number of hydrogen-bond donors (Lipinski definition) is 0. The lowest BCUT2D eigenvalue weighted by atomic mass is 9.94. The topological polar surface area (TPSA) is 83.0 Å². The zero-order chi connectivity index (χ0) is 18.2. The van der Waals surface area contributed by atoms with Gasteiger partial charge in [-0.3, -0.25) is 4.79 Å². The van der Waals surface area contributed by atoms with Crippen molar-refractivity contribution in [2.75, 3.05) is 40.8 Å². The second-order valence-corrected chi connectivity index (χ2v) is 8.86. The molecule has 3 aliphatic heterocycles. The molecule has 0 saturated carbocycles. The van der Waals surface area contributed by atoms with Crippen LogP contribution in [-0.2, 0) is 10.2 Å². The Labute approximate surface area is 148 Å². The number of fused-ring (bicyclic) bond motifs is 4. The van der Waals surface area contributed by atoms with Gasteiger partial charge >= 0.3 is 0 Å². The fourth-order valence-corrected chi connectivity index (χ4v) is 4.80. The lowest BCUT2D eigenvalue weighted by Crippen LogP contribution is -2.48. The fourth-order valence-electron chi connectivity index (χ4n) is 3.58. The van der Waals surface area contributed by atoms with Crippen molar-refractivity contribution in [3.63, 3.8) is 0 Å². The third-order valence-corrected chi connectivity index (χ3v) is 6.80. The lowest BCUT2D eigenvalue weighted by molar-refractivity contribution is 0.0584. The minimum absolute atomic E-state index is 0.133. The van der Waals surface area contributed by atoms with E-state index in [0.29, 0.717) is 31.1 Å². The van der Waals surface area contributed by atoms with Gasteiger partial charge in [-0.05, 0) is 30.9 Å². The number of carbonyl (C=O) groups excluding carboxylic acids is 1. The number of piperidine rings is 1. The van der Waals surface area contributed by atoms with E-state index in [0.717, 1.165) is 12.8 Å². The molecule has 0 N–H and O–H groups in total. The molecule has 0 aromatic carbocycles. The first-order valence-electron chi connectivity index (χ1n) is 8.32. The Morgan fingerprint density at radius 3 is 2.72 bits per heavy atom. The molecule has 8 nitrogen and oxygen atoms in total. The quantitative estimate of drug-likeness (QED) is 0.770. The van der Waals surface area contributed by atoms with Crippen molar-refractivity contribution in [1.82, 2.24) is 18.5 Å². The van der Waals surface area contributed by atoms with Crippen LogP contribution in [0.15, 0.2) is 18.3 Å². The molecule has 0 aliphatic carbocycles. The summed E-state index contributed by atoms with van der Waals surface area (Å²) in [4.78, 5) is 18.9. The molecule has 3 aliphatic rings. The molecule has 9 heteroatoms. The molecule has 1 amide bonds. The van der Waals surface area contributed by atoms with Gasteiger partial charge in [-0.2, -0.15) is 17.0 Å². The normalized spacial score (nSPS) is 24.4. The van der Waals surface area contributed by atoms with Crippen LogP contribution >= 0.6 is 0 Å². The van der Waals surface area contributed by atoms with E-state index in [4.69, 9.17) is 4.74 Å². The number of nitrogens with zero attached hydrogens (tertiary/aromatic N) is 4. The van der Waals surface area contributed by atoms with E-state index in [2.05, 4.69) is 4.98 Å². The van der Waals surface area contributed by atoms with Crippen LogP contribution in [0.3, 0.4) is 0 Å². The number of aromatic nitrogens is 1.